The summed E-state index contributed by atoms with van der Waals surface area (Å²) in [6.45, 7) is 5.27. The molecule has 1 aromatic carbocycles. The molecule has 0 saturated heterocycles. The van der Waals surface area contributed by atoms with Gasteiger partial charge in [0.25, 0.3) is 0 Å². The van der Waals surface area contributed by atoms with Crippen LogP contribution in [0.25, 0.3) is 22.5 Å². The van der Waals surface area contributed by atoms with Crippen LogP contribution in [0.15, 0.2) is 53.3 Å². The summed E-state index contributed by atoms with van der Waals surface area (Å²) in [6.07, 6.45) is 4.17. The van der Waals surface area contributed by atoms with Crippen LogP contribution in [0.3, 0.4) is 0 Å². The maximum atomic E-state index is 5.54. The van der Waals surface area contributed by atoms with Gasteiger partial charge in [-0.2, -0.15) is 0 Å². The van der Waals surface area contributed by atoms with Gasteiger partial charge in [-0.25, -0.2) is 9.97 Å². The summed E-state index contributed by atoms with van der Waals surface area (Å²) >= 11 is 0. The van der Waals surface area contributed by atoms with Crippen LogP contribution in [0.2, 0.25) is 0 Å². The van der Waals surface area contributed by atoms with E-state index in [1.807, 2.05) is 36.5 Å². The van der Waals surface area contributed by atoms with Crippen LogP contribution in [0.5, 0.6) is 11.5 Å². The molecule has 150 valence electrons. The van der Waals surface area contributed by atoms with Crippen LogP contribution >= 0.6 is 0 Å². The molecule has 0 fully saturated rings. The number of imidazole rings is 1. The molecule has 0 saturated carbocycles. The minimum Gasteiger partial charge on any atom is -0.493 e. The lowest BCUT2D eigenvalue weighted by Gasteiger charge is -2.13. The highest BCUT2D eigenvalue weighted by atomic mass is 16.5. The van der Waals surface area contributed by atoms with Gasteiger partial charge in [0.05, 0.1) is 26.0 Å². The van der Waals surface area contributed by atoms with Gasteiger partial charge in [0, 0.05) is 24.7 Å². The van der Waals surface area contributed by atoms with E-state index in [9.17, 15) is 0 Å². The van der Waals surface area contributed by atoms with E-state index in [2.05, 4.69) is 29.5 Å². The molecule has 0 bridgehead atoms. The van der Waals surface area contributed by atoms with Crippen LogP contribution < -0.4 is 9.47 Å². The van der Waals surface area contributed by atoms with Crippen molar-refractivity contribution in [1.29, 1.82) is 0 Å². The number of nitrogens with zero attached hydrogens (tertiary/aromatic N) is 3. The number of pyridine rings is 1. The summed E-state index contributed by atoms with van der Waals surface area (Å²) in [6, 6.07) is 11.9. The molecule has 0 spiro atoms. The zero-order valence-corrected chi connectivity index (χ0v) is 17.2. The molecule has 3 heterocycles. The first-order valence-corrected chi connectivity index (χ1v) is 9.69. The summed E-state index contributed by atoms with van der Waals surface area (Å²) in [5.74, 6) is 3.69. The molecule has 6 nitrogen and oxygen atoms in total. The molecular weight excluding hydrogens is 366 g/mol. The first-order valence-electron chi connectivity index (χ1n) is 9.69. The Balaban J connectivity index is 1.77. The van der Waals surface area contributed by atoms with Gasteiger partial charge < -0.3 is 18.5 Å². The summed E-state index contributed by atoms with van der Waals surface area (Å²) in [5, 5.41) is 0. The molecule has 6 heteroatoms. The van der Waals surface area contributed by atoms with Crippen molar-refractivity contribution in [3.05, 3.63) is 60.2 Å². The lowest BCUT2D eigenvalue weighted by Crippen LogP contribution is -2.09. The summed E-state index contributed by atoms with van der Waals surface area (Å²) < 4.78 is 18.6. The lowest BCUT2D eigenvalue weighted by atomic mass is 10.1. The van der Waals surface area contributed by atoms with Crippen LogP contribution in [0.4, 0.5) is 0 Å². The lowest BCUT2D eigenvalue weighted by molar-refractivity contribution is 0.354. The predicted octanol–water partition coefficient (Wildman–Crippen LogP) is 4.96. The highest BCUT2D eigenvalue weighted by Gasteiger charge is 2.16. The topological polar surface area (TPSA) is 62.3 Å². The molecule has 0 atom stereocenters. The molecule has 4 aromatic rings. The third-order valence-corrected chi connectivity index (χ3v) is 4.85. The van der Waals surface area contributed by atoms with E-state index in [4.69, 9.17) is 18.9 Å². The third-order valence-electron chi connectivity index (χ3n) is 4.85. The number of hydrogen-bond donors (Lipinski definition) is 0. The summed E-state index contributed by atoms with van der Waals surface area (Å²) in [7, 11) is 3.29. The SMILES string of the molecule is COc1ccc(Cc2nc3ncc(-c4ccco4)cc3n2CC(C)C)cc1OC. The number of methoxy groups -OCH3 is 2. The number of fused-ring (bicyclic) bond motifs is 1. The van der Waals surface area contributed by atoms with Crippen LogP contribution in [-0.2, 0) is 13.0 Å². The average Bonchev–Trinajstić information content (AvgIpc) is 3.36. The summed E-state index contributed by atoms with van der Waals surface area (Å²) in [4.78, 5) is 9.42. The van der Waals surface area contributed by atoms with Crippen molar-refractivity contribution in [2.45, 2.75) is 26.8 Å². The molecular formula is C23H25N3O3. The first kappa shape index (κ1) is 19.1. The molecule has 0 aliphatic rings. The normalized spacial score (nSPS) is 11.3. The van der Waals surface area contributed by atoms with Gasteiger partial charge in [0.2, 0.25) is 0 Å². The minimum atomic E-state index is 0.476. The molecule has 4 rings (SSSR count). The molecule has 0 aliphatic carbocycles. The molecule has 0 N–H and O–H groups in total. The number of benzene rings is 1. The number of hydrogen-bond acceptors (Lipinski definition) is 5. The van der Waals surface area contributed by atoms with Crippen molar-refractivity contribution >= 4 is 11.2 Å². The van der Waals surface area contributed by atoms with E-state index in [0.717, 1.165) is 51.9 Å². The fourth-order valence-electron chi connectivity index (χ4n) is 3.51. The summed E-state index contributed by atoms with van der Waals surface area (Å²) in [5.41, 5.74) is 3.82. The second kappa shape index (κ2) is 7.99. The van der Waals surface area contributed by atoms with Crippen LogP contribution in [-0.4, -0.2) is 28.8 Å². The van der Waals surface area contributed by atoms with E-state index in [-0.39, 0.29) is 0 Å². The number of aromatic nitrogens is 3. The standard InChI is InChI=1S/C23H25N3O3/c1-15(2)14-26-18-12-17(19-6-5-9-29-19)13-24-23(18)25-22(26)11-16-7-8-20(27-3)21(10-16)28-4/h5-10,12-13,15H,11,14H2,1-4H3. The van der Waals surface area contributed by atoms with Crippen molar-refractivity contribution in [2.24, 2.45) is 5.92 Å². The Labute approximate surface area is 170 Å². The van der Waals surface area contributed by atoms with Crippen molar-refractivity contribution < 1.29 is 13.9 Å². The molecule has 0 radical (unpaired) electrons. The van der Waals surface area contributed by atoms with E-state index in [1.165, 1.54) is 0 Å². The van der Waals surface area contributed by atoms with Gasteiger partial charge in [0.1, 0.15) is 11.6 Å². The monoisotopic (exact) mass is 391 g/mol. The molecule has 0 amide bonds. The van der Waals surface area contributed by atoms with Crippen LogP contribution in [0, 0.1) is 5.92 Å². The van der Waals surface area contributed by atoms with Crippen LogP contribution in [0.1, 0.15) is 25.2 Å². The zero-order valence-electron chi connectivity index (χ0n) is 17.2. The van der Waals surface area contributed by atoms with E-state index in [1.54, 1.807) is 20.5 Å². The van der Waals surface area contributed by atoms with Gasteiger partial charge >= 0.3 is 0 Å². The predicted molar refractivity (Wildman–Crippen MR) is 112 cm³/mol. The fraction of sp³-hybridized carbons (Fsp3) is 0.304. The highest BCUT2D eigenvalue weighted by Crippen LogP contribution is 2.30. The molecule has 0 unspecified atom stereocenters. The average molecular weight is 391 g/mol. The number of rotatable bonds is 7. The van der Waals surface area contributed by atoms with E-state index in [0.29, 0.717) is 12.3 Å². The van der Waals surface area contributed by atoms with Gasteiger partial charge in [-0.3, -0.25) is 0 Å². The Morgan fingerprint density at radius 3 is 2.59 bits per heavy atom. The Kier molecular flexibility index (Phi) is 5.25. The fourth-order valence-corrected chi connectivity index (χ4v) is 3.51. The second-order valence-electron chi connectivity index (χ2n) is 7.44. The van der Waals surface area contributed by atoms with E-state index >= 15 is 0 Å². The highest BCUT2D eigenvalue weighted by molar-refractivity contribution is 5.77. The van der Waals surface area contributed by atoms with Gasteiger partial charge in [0.15, 0.2) is 17.1 Å². The zero-order chi connectivity index (χ0) is 20.4. The second-order valence-corrected chi connectivity index (χ2v) is 7.44. The van der Waals surface area contributed by atoms with Crippen molar-refractivity contribution in [1.82, 2.24) is 14.5 Å². The van der Waals surface area contributed by atoms with Crippen molar-refractivity contribution in [3.8, 4) is 22.8 Å². The van der Waals surface area contributed by atoms with E-state index < -0.39 is 0 Å². The Morgan fingerprint density at radius 1 is 1.07 bits per heavy atom. The Morgan fingerprint density at radius 2 is 1.90 bits per heavy atom. The largest absolute Gasteiger partial charge is 0.493 e. The number of furan rings is 1. The number of ether oxygens (including phenoxy) is 2. The first-order chi connectivity index (χ1) is 14.1. The maximum Gasteiger partial charge on any atom is 0.177 e. The quantitative estimate of drug-likeness (QED) is 0.446. The Bertz CT molecular complexity index is 1110. The maximum absolute atomic E-state index is 5.54. The smallest absolute Gasteiger partial charge is 0.177 e. The molecule has 0 aliphatic heterocycles. The third kappa shape index (κ3) is 3.83. The van der Waals surface area contributed by atoms with Crippen molar-refractivity contribution in [2.75, 3.05) is 14.2 Å². The minimum absolute atomic E-state index is 0.476. The Hall–Kier alpha value is -3.28. The van der Waals surface area contributed by atoms with Gasteiger partial charge in [-0.1, -0.05) is 19.9 Å². The van der Waals surface area contributed by atoms with Gasteiger partial charge in [-0.05, 0) is 41.8 Å². The molecule has 3 aromatic heterocycles. The van der Waals surface area contributed by atoms with Crippen molar-refractivity contribution in [3.63, 3.8) is 0 Å². The van der Waals surface area contributed by atoms with Gasteiger partial charge in [-0.15, -0.1) is 0 Å². The molecule has 29 heavy (non-hydrogen) atoms.